The highest BCUT2D eigenvalue weighted by atomic mass is 16.6. The van der Waals surface area contributed by atoms with Gasteiger partial charge in [0.05, 0.1) is 7.11 Å². The predicted octanol–water partition coefficient (Wildman–Crippen LogP) is 1.79. The number of aromatic nitrogens is 5. The molecule has 0 aliphatic rings. The number of rotatable bonds is 11. The molecule has 38 heavy (non-hydrogen) atoms. The largest absolute Gasteiger partial charge is 0.497 e. The average Bonchev–Trinajstić information content (AvgIpc) is 3.31. The number of nitrogens with one attached hydrogen (secondary N) is 3. The number of benzene rings is 2. The molecule has 2 heterocycles. The second-order valence-corrected chi connectivity index (χ2v) is 7.97. The number of H-pyrrole nitrogens is 1. The molecule has 2 aromatic carbocycles. The number of carbonyl (C=O) groups is 1. The Labute approximate surface area is 217 Å². The molecule has 0 amide bonds. The third-order valence-corrected chi connectivity index (χ3v) is 5.29. The fourth-order valence-corrected chi connectivity index (χ4v) is 3.54. The normalized spacial score (nSPS) is 11.4. The highest BCUT2D eigenvalue weighted by Gasteiger charge is 2.22. The van der Waals surface area contributed by atoms with Crippen LogP contribution < -0.4 is 26.2 Å². The van der Waals surface area contributed by atoms with E-state index in [1.807, 2.05) is 0 Å². The molecular weight excluding hydrogens is 492 g/mol. The maximum absolute atomic E-state index is 12.8. The molecule has 4 aromatic rings. The molecule has 13 nitrogen and oxygen atoms in total. The lowest BCUT2D eigenvalue weighted by Gasteiger charge is -2.20. The Morgan fingerprint density at radius 3 is 2.50 bits per heavy atom. The summed E-state index contributed by atoms with van der Waals surface area (Å²) in [5.41, 5.74) is 6.95. The van der Waals surface area contributed by atoms with Crippen LogP contribution in [0.5, 0.6) is 11.5 Å². The summed E-state index contributed by atoms with van der Waals surface area (Å²) >= 11 is 0. The lowest BCUT2D eigenvalue weighted by atomic mass is 10.0. The van der Waals surface area contributed by atoms with Gasteiger partial charge in [0.25, 0.3) is 5.95 Å². The van der Waals surface area contributed by atoms with E-state index in [0.29, 0.717) is 28.3 Å². The van der Waals surface area contributed by atoms with Gasteiger partial charge in [0.15, 0.2) is 5.82 Å². The minimum Gasteiger partial charge on any atom is -0.497 e. The fraction of sp³-hybridized carbons (Fsp3) is 0.200. The number of methoxy groups -OCH3 is 1. The molecule has 0 aliphatic carbocycles. The van der Waals surface area contributed by atoms with Gasteiger partial charge >= 0.3 is 11.7 Å². The van der Waals surface area contributed by atoms with Gasteiger partial charge in [0.2, 0.25) is 0 Å². The van der Waals surface area contributed by atoms with Crippen LogP contribution in [0.15, 0.2) is 65.7 Å². The van der Waals surface area contributed by atoms with E-state index in [1.54, 1.807) is 48.5 Å². The summed E-state index contributed by atoms with van der Waals surface area (Å²) in [5.74, 6) is 0.890. The van der Waals surface area contributed by atoms with Crippen molar-refractivity contribution < 1.29 is 19.0 Å². The van der Waals surface area contributed by atoms with Crippen molar-refractivity contribution in [1.82, 2.24) is 24.7 Å². The molecule has 196 valence electrons. The van der Waals surface area contributed by atoms with E-state index in [9.17, 15) is 9.59 Å². The Balaban J connectivity index is 1.73. The van der Waals surface area contributed by atoms with Crippen molar-refractivity contribution in [2.75, 3.05) is 25.6 Å². The topological polar surface area (TPSA) is 183 Å². The SMILES string of the molecule is COc1cc(OCCOC(C)=O)cc(C(Nc2ccc(C(=N)N)cc2)c2nn(-c3ncccn3)c(=O)[nH]2)c1. The standard InChI is InChI=1S/C25H26N8O5/c1-15(34)37-10-11-38-20-13-17(12-19(14-20)36-2)21(30-18-6-4-16(5-7-18)22(26)27)23-31-25(35)33(32-23)24-28-8-3-9-29-24/h3-9,12-14,21,30H,10-11H2,1-2H3,(H3,26,27)(H,31,32,35). The summed E-state index contributed by atoms with van der Waals surface area (Å²) in [6.45, 7) is 1.54. The van der Waals surface area contributed by atoms with Gasteiger partial charge in [-0.05, 0) is 48.0 Å². The number of nitrogens with two attached hydrogens (primary N) is 1. The Bertz CT molecular complexity index is 1470. The number of nitrogen functional groups attached to an aromatic ring is 1. The molecule has 0 saturated heterocycles. The Morgan fingerprint density at radius 2 is 1.84 bits per heavy atom. The Morgan fingerprint density at radius 1 is 1.13 bits per heavy atom. The highest BCUT2D eigenvalue weighted by molar-refractivity contribution is 5.95. The van der Waals surface area contributed by atoms with Crippen LogP contribution in [0, 0.1) is 5.41 Å². The van der Waals surface area contributed by atoms with Crippen LogP contribution in [-0.2, 0) is 9.53 Å². The van der Waals surface area contributed by atoms with Crippen molar-refractivity contribution in [3.05, 3.63) is 88.4 Å². The van der Waals surface area contributed by atoms with Crippen molar-refractivity contribution in [2.45, 2.75) is 13.0 Å². The first-order valence-electron chi connectivity index (χ1n) is 11.5. The first-order chi connectivity index (χ1) is 18.3. The van der Waals surface area contributed by atoms with E-state index in [2.05, 4.69) is 25.4 Å². The number of ether oxygens (including phenoxy) is 3. The minimum atomic E-state index is -0.679. The van der Waals surface area contributed by atoms with Crippen LogP contribution in [0.2, 0.25) is 0 Å². The van der Waals surface area contributed by atoms with Crippen molar-refractivity contribution >= 4 is 17.5 Å². The molecule has 13 heteroatoms. The van der Waals surface area contributed by atoms with Gasteiger partial charge in [-0.25, -0.2) is 14.8 Å². The smallest absolute Gasteiger partial charge is 0.350 e. The molecule has 0 radical (unpaired) electrons. The van der Waals surface area contributed by atoms with Crippen LogP contribution >= 0.6 is 0 Å². The number of esters is 1. The van der Waals surface area contributed by atoms with Crippen molar-refractivity contribution in [2.24, 2.45) is 5.73 Å². The summed E-state index contributed by atoms with van der Waals surface area (Å²) in [7, 11) is 1.52. The molecule has 1 atom stereocenters. The molecule has 4 rings (SSSR count). The van der Waals surface area contributed by atoms with Gasteiger partial charge < -0.3 is 25.3 Å². The molecule has 0 aliphatic heterocycles. The van der Waals surface area contributed by atoms with Crippen LogP contribution in [-0.4, -0.2) is 56.9 Å². The van der Waals surface area contributed by atoms with Gasteiger partial charge in [-0.2, -0.15) is 0 Å². The number of hydrogen-bond acceptors (Lipinski definition) is 10. The lowest BCUT2D eigenvalue weighted by Crippen LogP contribution is -2.18. The number of carbonyl (C=O) groups excluding carboxylic acids is 1. The van der Waals surface area contributed by atoms with Gasteiger partial charge in [-0.15, -0.1) is 9.78 Å². The molecule has 2 aromatic heterocycles. The summed E-state index contributed by atoms with van der Waals surface area (Å²) in [6, 6.07) is 13.1. The summed E-state index contributed by atoms with van der Waals surface area (Å²) in [6.07, 6.45) is 3.02. The molecule has 1 unspecified atom stereocenters. The summed E-state index contributed by atoms with van der Waals surface area (Å²) in [4.78, 5) is 34.8. The Hall–Kier alpha value is -5.20. The predicted molar refractivity (Wildman–Crippen MR) is 138 cm³/mol. The van der Waals surface area contributed by atoms with Gasteiger partial charge in [0.1, 0.15) is 36.6 Å². The fourth-order valence-electron chi connectivity index (χ4n) is 3.54. The van der Waals surface area contributed by atoms with Gasteiger partial charge in [-0.1, -0.05) is 0 Å². The number of hydrogen-bond donors (Lipinski definition) is 4. The summed E-state index contributed by atoms with van der Waals surface area (Å²) < 4.78 is 17.2. The zero-order valence-corrected chi connectivity index (χ0v) is 20.7. The lowest BCUT2D eigenvalue weighted by molar-refractivity contribution is -0.141. The maximum atomic E-state index is 12.8. The van der Waals surface area contributed by atoms with Gasteiger partial charge in [-0.3, -0.25) is 15.2 Å². The molecule has 0 bridgehead atoms. The monoisotopic (exact) mass is 518 g/mol. The third kappa shape index (κ3) is 6.32. The quantitative estimate of drug-likeness (QED) is 0.0988. The van der Waals surface area contributed by atoms with Crippen LogP contribution in [0.25, 0.3) is 5.95 Å². The second-order valence-electron chi connectivity index (χ2n) is 7.97. The van der Waals surface area contributed by atoms with Crippen LogP contribution in [0.3, 0.4) is 0 Å². The van der Waals surface area contributed by atoms with Gasteiger partial charge in [0, 0.05) is 36.6 Å². The Kier molecular flexibility index (Phi) is 7.96. The molecule has 0 spiro atoms. The van der Waals surface area contributed by atoms with Crippen molar-refractivity contribution in [3.8, 4) is 17.4 Å². The average molecular weight is 519 g/mol. The summed E-state index contributed by atoms with van der Waals surface area (Å²) in [5, 5.41) is 15.4. The maximum Gasteiger partial charge on any atom is 0.350 e. The third-order valence-electron chi connectivity index (χ3n) is 5.29. The van der Waals surface area contributed by atoms with Crippen LogP contribution in [0.1, 0.15) is 29.9 Å². The van der Waals surface area contributed by atoms with E-state index >= 15 is 0 Å². The van der Waals surface area contributed by atoms with Crippen LogP contribution in [0.4, 0.5) is 5.69 Å². The minimum absolute atomic E-state index is 0.0534. The molecule has 5 N–H and O–H groups in total. The molecule has 0 saturated carbocycles. The first kappa shape index (κ1) is 25.9. The van der Waals surface area contributed by atoms with Crippen molar-refractivity contribution in [3.63, 3.8) is 0 Å². The highest BCUT2D eigenvalue weighted by Crippen LogP contribution is 2.31. The van der Waals surface area contributed by atoms with E-state index in [1.165, 1.54) is 26.4 Å². The zero-order valence-electron chi connectivity index (χ0n) is 20.7. The zero-order chi connectivity index (χ0) is 27.1. The number of nitrogens with zero attached hydrogens (tertiary/aromatic N) is 4. The number of anilines is 1. The molecule has 0 fully saturated rings. The van der Waals surface area contributed by atoms with Crippen molar-refractivity contribution in [1.29, 1.82) is 5.41 Å². The number of amidine groups is 1. The van der Waals surface area contributed by atoms with E-state index in [4.69, 9.17) is 25.4 Å². The number of aromatic amines is 1. The second kappa shape index (κ2) is 11.7. The first-order valence-corrected chi connectivity index (χ1v) is 11.5. The molecular formula is C25H26N8O5. The van der Waals surface area contributed by atoms with E-state index in [0.717, 1.165) is 4.68 Å². The van der Waals surface area contributed by atoms with E-state index < -0.39 is 17.7 Å². The van der Waals surface area contributed by atoms with E-state index in [-0.39, 0.29) is 30.8 Å².